The zero-order chi connectivity index (χ0) is 10.7. The Labute approximate surface area is 89.2 Å². The Kier molecular flexibility index (Phi) is 2.81. The van der Waals surface area contributed by atoms with Gasteiger partial charge in [-0.05, 0) is 49.5 Å². The van der Waals surface area contributed by atoms with Gasteiger partial charge in [-0.1, -0.05) is 11.2 Å². The number of hydrogen-bond donors (Lipinski definition) is 1. The zero-order valence-electron chi connectivity index (χ0n) is 8.77. The maximum Gasteiger partial charge on any atom is 0.0798 e. The Bertz CT molecular complexity index is 421. The third-order valence-corrected chi connectivity index (χ3v) is 2.70. The molecule has 1 aromatic rings. The van der Waals surface area contributed by atoms with Crippen LogP contribution in [0.4, 0.5) is 0 Å². The van der Waals surface area contributed by atoms with E-state index in [2.05, 4.69) is 16.2 Å². The third kappa shape index (κ3) is 2.06. The van der Waals surface area contributed by atoms with Gasteiger partial charge in [-0.25, -0.2) is 0 Å². The van der Waals surface area contributed by atoms with E-state index < -0.39 is 0 Å². The van der Waals surface area contributed by atoms with Gasteiger partial charge in [0.25, 0.3) is 0 Å². The highest BCUT2D eigenvalue weighted by Gasteiger charge is 2.12. The molecule has 15 heavy (non-hydrogen) atoms. The Morgan fingerprint density at radius 1 is 1.40 bits per heavy atom. The van der Waals surface area contributed by atoms with E-state index in [1.165, 1.54) is 11.1 Å². The summed E-state index contributed by atoms with van der Waals surface area (Å²) in [4.78, 5) is 4.26. The molecule has 0 saturated carbocycles. The number of aryl methyl sites for hydroxylation is 1. The van der Waals surface area contributed by atoms with Crippen LogP contribution in [0, 0.1) is 6.92 Å². The van der Waals surface area contributed by atoms with E-state index in [9.17, 15) is 0 Å². The van der Waals surface area contributed by atoms with Crippen molar-refractivity contribution >= 4 is 11.3 Å². The second-order valence-electron chi connectivity index (χ2n) is 3.75. The third-order valence-electron chi connectivity index (χ3n) is 2.70. The second-order valence-corrected chi connectivity index (χ2v) is 3.75. The first-order chi connectivity index (χ1) is 7.31. The van der Waals surface area contributed by atoms with E-state index in [4.69, 9.17) is 5.21 Å². The van der Waals surface area contributed by atoms with Gasteiger partial charge in [0.1, 0.15) is 0 Å². The molecule has 1 aliphatic carbocycles. The first-order valence-electron chi connectivity index (χ1n) is 5.15. The second kappa shape index (κ2) is 4.26. The lowest BCUT2D eigenvalue weighted by Crippen LogP contribution is -2.04. The van der Waals surface area contributed by atoms with Crippen molar-refractivity contribution in [2.75, 3.05) is 0 Å². The Morgan fingerprint density at radius 3 is 3.00 bits per heavy atom. The van der Waals surface area contributed by atoms with Gasteiger partial charge in [-0.3, -0.25) is 4.98 Å². The Morgan fingerprint density at radius 2 is 2.27 bits per heavy atom. The van der Waals surface area contributed by atoms with Gasteiger partial charge in [0, 0.05) is 11.9 Å². The van der Waals surface area contributed by atoms with Crippen LogP contribution in [0.1, 0.15) is 30.5 Å². The molecule has 0 aliphatic heterocycles. The molecule has 2 rings (SSSR count). The maximum atomic E-state index is 8.75. The molecule has 0 aromatic carbocycles. The fraction of sp³-hybridized carbons (Fsp3) is 0.333. The van der Waals surface area contributed by atoms with E-state index in [0.717, 1.165) is 30.7 Å². The van der Waals surface area contributed by atoms with Crippen LogP contribution in [-0.2, 0) is 0 Å². The van der Waals surface area contributed by atoms with Crippen LogP contribution in [0.3, 0.4) is 0 Å². The van der Waals surface area contributed by atoms with Gasteiger partial charge in [0.15, 0.2) is 0 Å². The van der Waals surface area contributed by atoms with Gasteiger partial charge >= 0.3 is 0 Å². The predicted octanol–water partition coefficient (Wildman–Crippen LogP) is 2.79. The molecule has 0 unspecified atom stereocenters. The molecule has 3 nitrogen and oxygen atoms in total. The van der Waals surface area contributed by atoms with Gasteiger partial charge in [-0.2, -0.15) is 0 Å². The molecule has 1 heterocycles. The molecule has 0 amide bonds. The monoisotopic (exact) mass is 202 g/mol. The van der Waals surface area contributed by atoms with Gasteiger partial charge in [-0.15, -0.1) is 0 Å². The van der Waals surface area contributed by atoms with Crippen molar-refractivity contribution in [3.63, 3.8) is 0 Å². The topological polar surface area (TPSA) is 45.5 Å². The average Bonchev–Trinajstić information content (AvgIpc) is 2.30. The lowest BCUT2D eigenvalue weighted by molar-refractivity contribution is 0.318. The molecule has 3 heteroatoms. The Hall–Kier alpha value is -1.64. The van der Waals surface area contributed by atoms with Crippen LogP contribution in [0.2, 0.25) is 0 Å². The summed E-state index contributed by atoms with van der Waals surface area (Å²) in [5.74, 6) is 0. The summed E-state index contributed by atoms with van der Waals surface area (Å²) in [7, 11) is 0. The SMILES string of the molecule is Cc1ncccc1C1=C/C(=N/O)CCC1. The highest BCUT2D eigenvalue weighted by atomic mass is 16.4. The van der Waals surface area contributed by atoms with Crippen LogP contribution < -0.4 is 0 Å². The molecule has 0 atom stereocenters. The highest BCUT2D eigenvalue weighted by molar-refractivity contribution is 6.02. The van der Waals surface area contributed by atoms with E-state index in [0.29, 0.717) is 0 Å². The van der Waals surface area contributed by atoms with Crippen molar-refractivity contribution in [3.05, 3.63) is 35.7 Å². The summed E-state index contributed by atoms with van der Waals surface area (Å²) in [5.41, 5.74) is 4.18. The molecule has 0 spiro atoms. The number of oxime groups is 1. The van der Waals surface area contributed by atoms with Crippen LogP contribution in [0.15, 0.2) is 29.6 Å². The summed E-state index contributed by atoms with van der Waals surface area (Å²) >= 11 is 0. The van der Waals surface area contributed by atoms with E-state index in [1.807, 2.05) is 19.1 Å². The van der Waals surface area contributed by atoms with Gasteiger partial charge < -0.3 is 5.21 Å². The minimum Gasteiger partial charge on any atom is -0.411 e. The molecule has 1 aromatic heterocycles. The number of aromatic nitrogens is 1. The molecule has 0 bridgehead atoms. The summed E-state index contributed by atoms with van der Waals surface area (Å²) in [5, 5.41) is 12.0. The van der Waals surface area contributed by atoms with Crippen molar-refractivity contribution in [2.24, 2.45) is 5.16 Å². The van der Waals surface area contributed by atoms with E-state index in [-0.39, 0.29) is 0 Å². The highest BCUT2D eigenvalue weighted by Crippen LogP contribution is 2.26. The van der Waals surface area contributed by atoms with Crippen molar-refractivity contribution in [3.8, 4) is 0 Å². The van der Waals surface area contributed by atoms with Gasteiger partial charge in [0.05, 0.1) is 5.71 Å². The Balaban J connectivity index is 2.39. The molecule has 1 aliphatic rings. The van der Waals surface area contributed by atoms with Crippen molar-refractivity contribution in [1.82, 2.24) is 4.98 Å². The normalized spacial score (nSPS) is 19.0. The quantitative estimate of drug-likeness (QED) is 0.562. The van der Waals surface area contributed by atoms with E-state index in [1.54, 1.807) is 6.20 Å². The first kappa shape index (κ1) is 9.90. The first-order valence-corrected chi connectivity index (χ1v) is 5.15. The number of allylic oxidation sites excluding steroid dienone is 2. The van der Waals surface area contributed by atoms with Crippen molar-refractivity contribution in [1.29, 1.82) is 0 Å². The van der Waals surface area contributed by atoms with Gasteiger partial charge in [0.2, 0.25) is 0 Å². The smallest absolute Gasteiger partial charge is 0.0798 e. The van der Waals surface area contributed by atoms with Crippen molar-refractivity contribution < 1.29 is 5.21 Å². The minimum absolute atomic E-state index is 0.763. The predicted molar refractivity (Wildman–Crippen MR) is 60.0 cm³/mol. The fourth-order valence-electron chi connectivity index (χ4n) is 1.92. The lowest BCUT2D eigenvalue weighted by Gasteiger charge is -2.14. The molecular formula is C12H14N2O. The molecule has 0 fully saturated rings. The molecule has 0 radical (unpaired) electrons. The standard InChI is InChI=1S/C12H14N2O/c1-9-12(6-3-7-13-9)10-4-2-5-11(8-10)14-15/h3,6-8,15H,2,4-5H2,1H3/b14-11+. The number of nitrogens with zero attached hydrogens (tertiary/aromatic N) is 2. The van der Waals surface area contributed by atoms with E-state index >= 15 is 0 Å². The van der Waals surface area contributed by atoms with Crippen LogP contribution in [0.5, 0.6) is 0 Å². The molecular weight excluding hydrogens is 188 g/mol. The number of hydrogen-bond acceptors (Lipinski definition) is 3. The summed E-state index contributed by atoms with van der Waals surface area (Å²) < 4.78 is 0. The number of rotatable bonds is 1. The van der Waals surface area contributed by atoms with Crippen LogP contribution in [-0.4, -0.2) is 15.9 Å². The molecule has 0 saturated heterocycles. The van der Waals surface area contributed by atoms with Crippen LogP contribution >= 0.6 is 0 Å². The average molecular weight is 202 g/mol. The fourth-order valence-corrected chi connectivity index (χ4v) is 1.92. The summed E-state index contributed by atoms with van der Waals surface area (Å²) in [6, 6.07) is 4.00. The summed E-state index contributed by atoms with van der Waals surface area (Å²) in [6.07, 6.45) is 6.70. The molecule has 1 N–H and O–H groups in total. The lowest BCUT2D eigenvalue weighted by atomic mass is 9.92. The molecule has 78 valence electrons. The number of pyridine rings is 1. The zero-order valence-corrected chi connectivity index (χ0v) is 8.77. The largest absolute Gasteiger partial charge is 0.411 e. The van der Waals surface area contributed by atoms with Crippen molar-refractivity contribution in [2.45, 2.75) is 26.2 Å². The summed E-state index contributed by atoms with van der Waals surface area (Å²) in [6.45, 7) is 2.00. The minimum atomic E-state index is 0.763. The van der Waals surface area contributed by atoms with Crippen LogP contribution in [0.25, 0.3) is 5.57 Å². The maximum absolute atomic E-state index is 8.75.